The molecule has 1 aromatic carbocycles. The maximum atomic E-state index is 11.8. The molecule has 1 amide bonds. The van der Waals surface area contributed by atoms with Gasteiger partial charge >= 0.3 is 6.01 Å². The van der Waals surface area contributed by atoms with Crippen molar-refractivity contribution in [1.29, 1.82) is 0 Å². The number of sulfone groups is 1. The summed E-state index contributed by atoms with van der Waals surface area (Å²) in [6, 6.07) is 10.2. The number of benzene rings is 1. The summed E-state index contributed by atoms with van der Waals surface area (Å²) in [6.07, 6.45) is 4.57. The largest absolute Gasteiger partial charge is 0.407 e. The van der Waals surface area contributed by atoms with Gasteiger partial charge in [0.2, 0.25) is 5.89 Å². The first-order valence-electron chi connectivity index (χ1n) is 7.54. The summed E-state index contributed by atoms with van der Waals surface area (Å²) in [5, 5.41) is 12.1. The van der Waals surface area contributed by atoms with Crippen molar-refractivity contribution in [1.82, 2.24) is 10.2 Å². The molecule has 0 radical (unpaired) electrons. The molecule has 1 N–H and O–H groups in total. The molecule has 0 unspecified atom stereocenters. The van der Waals surface area contributed by atoms with Crippen LogP contribution in [0.25, 0.3) is 6.08 Å². The molecule has 134 valence electrons. The smallest absolute Gasteiger partial charge is 0.322 e. The van der Waals surface area contributed by atoms with E-state index in [0.717, 1.165) is 16.7 Å². The van der Waals surface area contributed by atoms with Crippen LogP contribution in [0.3, 0.4) is 0 Å². The van der Waals surface area contributed by atoms with Gasteiger partial charge in [-0.3, -0.25) is 10.1 Å². The predicted octanol–water partition coefficient (Wildman–Crippen LogP) is 2.78. The number of hydrogen-bond acceptors (Lipinski definition) is 7. The fraction of sp³-hybridized carbons (Fsp3) is 0.118. The van der Waals surface area contributed by atoms with Gasteiger partial charge in [-0.05, 0) is 35.2 Å². The number of nitrogens with zero attached hydrogens (tertiary/aromatic N) is 2. The molecule has 0 saturated carbocycles. The fourth-order valence-corrected chi connectivity index (χ4v) is 3.34. The van der Waals surface area contributed by atoms with Crippen molar-refractivity contribution in [2.24, 2.45) is 0 Å². The first-order valence-corrected chi connectivity index (χ1v) is 10.3. The zero-order valence-electron chi connectivity index (χ0n) is 13.7. The normalized spacial score (nSPS) is 11.7. The number of carbonyl (C=O) groups excluding carboxylic acids is 1. The lowest BCUT2D eigenvalue weighted by Crippen LogP contribution is -2.07. The molecule has 3 rings (SSSR count). The number of rotatable bonds is 6. The Morgan fingerprint density at radius 1 is 1.23 bits per heavy atom. The van der Waals surface area contributed by atoms with Gasteiger partial charge in [-0.15, -0.1) is 16.4 Å². The molecule has 0 aliphatic rings. The van der Waals surface area contributed by atoms with Crippen LogP contribution < -0.4 is 5.32 Å². The minimum absolute atomic E-state index is 0.00795. The molecular weight excluding hydrogens is 374 g/mol. The maximum absolute atomic E-state index is 11.8. The molecule has 9 heteroatoms. The number of thiophene rings is 1. The Hall–Kier alpha value is -2.78. The molecule has 0 spiro atoms. The van der Waals surface area contributed by atoms with Crippen LogP contribution in [0.1, 0.15) is 16.3 Å². The maximum Gasteiger partial charge on any atom is 0.322 e. The second kappa shape index (κ2) is 7.63. The number of nitrogens with one attached hydrogen (secondary N) is 1. The Morgan fingerprint density at radius 2 is 2.00 bits per heavy atom. The number of carbonyl (C=O) groups is 1. The third kappa shape index (κ3) is 4.87. The van der Waals surface area contributed by atoms with Crippen LogP contribution in [0.4, 0.5) is 6.01 Å². The van der Waals surface area contributed by atoms with Gasteiger partial charge in [0.1, 0.15) is 0 Å². The van der Waals surface area contributed by atoms with E-state index in [-0.39, 0.29) is 16.8 Å². The van der Waals surface area contributed by atoms with Crippen LogP contribution in [-0.4, -0.2) is 30.8 Å². The standard InChI is InChI=1S/C17H15N3O4S2/c1-26(22,23)14-7-4-12(5-8-14)11-16-19-20-17(24-16)18-15(21)9-6-13-3-2-10-25-13/h2-10H,11H2,1H3,(H,18,20,21)/b9-6+. The molecule has 2 heterocycles. The molecule has 3 aromatic rings. The van der Waals surface area contributed by atoms with E-state index in [0.29, 0.717) is 12.3 Å². The Bertz CT molecular complexity index is 1020. The van der Waals surface area contributed by atoms with Gasteiger partial charge in [0.15, 0.2) is 9.84 Å². The highest BCUT2D eigenvalue weighted by Crippen LogP contribution is 2.15. The first-order chi connectivity index (χ1) is 12.4. The highest BCUT2D eigenvalue weighted by molar-refractivity contribution is 7.90. The van der Waals surface area contributed by atoms with E-state index in [9.17, 15) is 13.2 Å². The molecule has 7 nitrogen and oxygen atoms in total. The van der Waals surface area contributed by atoms with Crippen LogP contribution >= 0.6 is 11.3 Å². The van der Waals surface area contributed by atoms with Gasteiger partial charge in [-0.1, -0.05) is 23.3 Å². The molecule has 0 bridgehead atoms. The molecule has 0 fully saturated rings. The van der Waals surface area contributed by atoms with Crippen LogP contribution in [0, 0.1) is 0 Å². The number of hydrogen-bond donors (Lipinski definition) is 1. The van der Waals surface area contributed by atoms with Crippen molar-refractivity contribution in [3.63, 3.8) is 0 Å². The molecular formula is C17H15N3O4S2. The Kier molecular flexibility index (Phi) is 5.29. The summed E-state index contributed by atoms with van der Waals surface area (Å²) >= 11 is 1.52. The zero-order valence-corrected chi connectivity index (χ0v) is 15.4. The van der Waals surface area contributed by atoms with Gasteiger partial charge in [0.25, 0.3) is 5.91 Å². The summed E-state index contributed by atoms with van der Waals surface area (Å²) in [5.41, 5.74) is 0.816. The summed E-state index contributed by atoms with van der Waals surface area (Å²) in [6.45, 7) is 0. The van der Waals surface area contributed by atoms with Crippen molar-refractivity contribution in [2.45, 2.75) is 11.3 Å². The Labute approximate surface area is 154 Å². The second-order valence-corrected chi connectivity index (χ2v) is 8.43. The first kappa shape index (κ1) is 18.0. The summed E-state index contributed by atoms with van der Waals surface area (Å²) in [5.74, 6) is -0.0549. The summed E-state index contributed by atoms with van der Waals surface area (Å²) < 4.78 is 28.3. The van der Waals surface area contributed by atoms with Crippen LogP contribution in [0.5, 0.6) is 0 Å². The van der Waals surface area contributed by atoms with Gasteiger partial charge in [-0.25, -0.2) is 8.42 Å². The topological polar surface area (TPSA) is 102 Å². The van der Waals surface area contributed by atoms with Crippen LogP contribution in [0.2, 0.25) is 0 Å². The number of amides is 1. The summed E-state index contributed by atoms with van der Waals surface area (Å²) in [4.78, 5) is 13.0. The van der Waals surface area contributed by atoms with Gasteiger partial charge in [0, 0.05) is 17.2 Å². The lowest BCUT2D eigenvalue weighted by Gasteiger charge is -2.00. The van der Waals surface area contributed by atoms with Crippen LogP contribution in [0.15, 0.2) is 57.2 Å². The van der Waals surface area contributed by atoms with E-state index in [4.69, 9.17) is 4.42 Å². The molecule has 0 aliphatic heterocycles. The lowest BCUT2D eigenvalue weighted by atomic mass is 10.1. The molecule has 0 aliphatic carbocycles. The Morgan fingerprint density at radius 3 is 2.65 bits per heavy atom. The minimum atomic E-state index is -3.23. The van der Waals surface area contributed by atoms with E-state index in [2.05, 4.69) is 15.5 Å². The Balaban J connectivity index is 1.60. The minimum Gasteiger partial charge on any atom is -0.407 e. The van der Waals surface area contributed by atoms with Crippen molar-refractivity contribution in [3.05, 3.63) is 64.2 Å². The third-order valence-electron chi connectivity index (χ3n) is 3.35. The number of anilines is 1. The highest BCUT2D eigenvalue weighted by Gasteiger charge is 2.10. The molecule has 26 heavy (non-hydrogen) atoms. The summed E-state index contributed by atoms with van der Waals surface area (Å²) in [7, 11) is -3.23. The van der Waals surface area contributed by atoms with Crippen LogP contribution in [-0.2, 0) is 21.1 Å². The van der Waals surface area contributed by atoms with Crippen molar-refractivity contribution >= 4 is 39.2 Å². The van der Waals surface area contributed by atoms with Crippen molar-refractivity contribution < 1.29 is 17.6 Å². The molecule has 2 aromatic heterocycles. The molecule has 0 atom stereocenters. The number of aromatic nitrogens is 2. The van der Waals surface area contributed by atoms with Crippen molar-refractivity contribution in [2.75, 3.05) is 11.6 Å². The monoisotopic (exact) mass is 389 g/mol. The second-order valence-electron chi connectivity index (χ2n) is 5.43. The SMILES string of the molecule is CS(=O)(=O)c1ccc(Cc2nnc(NC(=O)/C=C/c3cccs3)o2)cc1. The average molecular weight is 389 g/mol. The molecule has 0 saturated heterocycles. The average Bonchev–Trinajstić information content (AvgIpc) is 3.25. The van der Waals surface area contributed by atoms with Gasteiger partial charge < -0.3 is 4.42 Å². The van der Waals surface area contributed by atoms with E-state index < -0.39 is 9.84 Å². The van der Waals surface area contributed by atoms with Gasteiger partial charge in [-0.2, -0.15) is 0 Å². The predicted molar refractivity (Wildman–Crippen MR) is 98.6 cm³/mol. The van der Waals surface area contributed by atoms with E-state index in [1.165, 1.54) is 29.5 Å². The van der Waals surface area contributed by atoms with Crippen molar-refractivity contribution in [3.8, 4) is 0 Å². The quantitative estimate of drug-likeness (QED) is 0.651. The van der Waals surface area contributed by atoms with E-state index in [1.807, 2.05) is 17.5 Å². The fourth-order valence-electron chi connectivity index (χ4n) is 2.10. The van der Waals surface area contributed by atoms with E-state index >= 15 is 0 Å². The third-order valence-corrected chi connectivity index (χ3v) is 5.31. The van der Waals surface area contributed by atoms with E-state index in [1.54, 1.807) is 18.2 Å². The lowest BCUT2D eigenvalue weighted by molar-refractivity contribution is -0.112. The van der Waals surface area contributed by atoms with Gasteiger partial charge in [0.05, 0.1) is 11.3 Å². The highest BCUT2D eigenvalue weighted by atomic mass is 32.2. The zero-order chi connectivity index (χ0) is 18.6.